The fraction of sp³-hybridized carbons (Fsp3) is 0.389. The number of aliphatic hydroxyl groups excluding tert-OH is 1. The van der Waals surface area contributed by atoms with E-state index in [1.165, 1.54) is 16.5 Å². The van der Waals surface area contributed by atoms with Crippen LogP contribution in [0.25, 0.3) is 10.8 Å². The van der Waals surface area contributed by atoms with Crippen molar-refractivity contribution in [2.75, 3.05) is 11.9 Å². The molecule has 2 aromatic carbocycles. The summed E-state index contributed by atoms with van der Waals surface area (Å²) in [5.74, 6) is 0.0264. The third-order valence-electron chi connectivity index (χ3n) is 4.63. The van der Waals surface area contributed by atoms with E-state index < -0.39 is 0 Å². The quantitative estimate of drug-likeness (QED) is 0.812. The second kappa shape index (κ2) is 5.97. The molecule has 1 aliphatic carbocycles. The number of anilines is 1. The molecule has 2 unspecified atom stereocenters. The standard InChI is InChI=1S/C18H22N2O2/c1-11(10-21)12(2)19-18(22)20-16-9-8-14-7-6-13-4-3-5-15(16)17(13)14/h3-5,8-9,11-12,21H,6-7,10H2,1-2H3,(H2,19,20,22). The van der Waals surface area contributed by atoms with Gasteiger partial charge in [0.1, 0.15) is 0 Å². The smallest absolute Gasteiger partial charge is 0.319 e. The molecule has 3 N–H and O–H groups in total. The van der Waals surface area contributed by atoms with Gasteiger partial charge in [-0.25, -0.2) is 4.79 Å². The Bertz CT molecular complexity index is 701. The summed E-state index contributed by atoms with van der Waals surface area (Å²) in [5, 5.41) is 17.4. The molecule has 2 aromatic rings. The van der Waals surface area contributed by atoms with Gasteiger partial charge in [-0.05, 0) is 48.3 Å². The summed E-state index contributed by atoms with van der Waals surface area (Å²) in [6, 6.07) is 10.0. The van der Waals surface area contributed by atoms with Gasteiger partial charge in [-0.1, -0.05) is 31.2 Å². The minimum absolute atomic E-state index is 0.0264. The lowest BCUT2D eigenvalue weighted by Gasteiger charge is -2.20. The van der Waals surface area contributed by atoms with Crippen LogP contribution in [0.1, 0.15) is 25.0 Å². The zero-order valence-electron chi connectivity index (χ0n) is 13.0. The van der Waals surface area contributed by atoms with E-state index >= 15 is 0 Å². The van der Waals surface area contributed by atoms with Crippen LogP contribution in [0.4, 0.5) is 10.5 Å². The van der Waals surface area contributed by atoms with Gasteiger partial charge < -0.3 is 15.7 Å². The molecule has 0 aliphatic heterocycles. The summed E-state index contributed by atoms with van der Waals surface area (Å²) < 4.78 is 0. The molecular formula is C18H22N2O2. The van der Waals surface area contributed by atoms with Crippen LogP contribution < -0.4 is 10.6 Å². The first-order valence-electron chi connectivity index (χ1n) is 7.82. The number of aryl methyl sites for hydroxylation is 2. The lowest BCUT2D eigenvalue weighted by atomic mass is 10.0. The number of aliphatic hydroxyl groups is 1. The third-order valence-corrected chi connectivity index (χ3v) is 4.63. The van der Waals surface area contributed by atoms with Crippen molar-refractivity contribution < 1.29 is 9.90 Å². The van der Waals surface area contributed by atoms with Gasteiger partial charge in [0.05, 0.1) is 5.69 Å². The van der Waals surface area contributed by atoms with E-state index in [-0.39, 0.29) is 24.6 Å². The Morgan fingerprint density at radius 1 is 1.18 bits per heavy atom. The first kappa shape index (κ1) is 14.9. The highest BCUT2D eigenvalue weighted by Crippen LogP contribution is 2.34. The number of urea groups is 1. The highest BCUT2D eigenvalue weighted by molar-refractivity contribution is 6.04. The number of hydrogen-bond acceptors (Lipinski definition) is 2. The lowest BCUT2D eigenvalue weighted by molar-refractivity contribution is 0.204. The van der Waals surface area contributed by atoms with Crippen LogP contribution in [0.3, 0.4) is 0 Å². The van der Waals surface area contributed by atoms with Crippen LogP contribution in [-0.4, -0.2) is 23.8 Å². The molecule has 2 amide bonds. The van der Waals surface area contributed by atoms with Crippen molar-refractivity contribution in [2.24, 2.45) is 5.92 Å². The van der Waals surface area contributed by atoms with Crippen LogP contribution in [0.15, 0.2) is 30.3 Å². The molecule has 0 bridgehead atoms. The molecule has 0 aromatic heterocycles. The van der Waals surface area contributed by atoms with Crippen molar-refractivity contribution >= 4 is 22.5 Å². The van der Waals surface area contributed by atoms with Gasteiger partial charge in [-0.2, -0.15) is 0 Å². The van der Waals surface area contributed by atoms with E-state index in [0.29, 0.717) is 0 Å². The normalized spacial score (nSPS) is 15.6. The molecule has 0 saturated carbocycles. The van der Waals surface area contributed by atoms with Crippen molar-refractivity contribution in [2.45, 2.75) is 32.7 Å². The number of amides is 2. The van der Waals surface area contributed by atoms with E-state index in [4.69, 9.17) is 5.11 Å². The predicted molar refractivity (Wildman–Crippen MR) is 89.2 cm³/mol. The average molecular weight is 298 g/mol. The number of carbonyl (C=O) groups is 1. The number of hydrogen-bond donors (Lipinski definition) is 3. The molecule has 4 heteroatoms. The van der Waals surface area contributed by atoms with Gasteiger partial charge in [0.15, 0.2) is 0 Å². The number of nitrogens with one attached hydrogen (secondary N) is 2. The molecular weight excluding hydrogens is 276 g/mol. The first-order valence-corrected chi connectivity index (χ1v) is 7.82. The summed E-state index contributed by atoms with van der Waals surface area (Å²) in [6.07, 6.45) is 2.15. The van der Waals surface area contributed by atoms with Crippen molar-refractivity contribution in [3.05, 3.63) is 41.5 Å². The fourth-order valence-corrected chi connectivity index (χ4v) is 3.02. The first-order chi connectivity index (χ1) is 10.6. The van der Waals surface area contributed by atoms with Gasteiger partial charge in [0.2, 0.25) is 0 Å². The second-order valence-corrected chi connectivity index (χ2v) is 6.16. The van der Waals surface area contributed by atoms with Crippen molar-refractivity contribution in [3.63, 3.8) is 0 Å². The maximum atomic E-state index is 12.2. The van der Waals surface area contributed by atoms with Gasteiger partial charge in [-0.15, -0.1) is 0 Å². The summed E-state index contributed by atoms with van der Waals surface area (Å²) in [6.45, 7) is 3.86. The molecule has 3 rings (SSSR count). The Hall–Kier alpha value is -2.07. The molecule has 0 spiro atoms. The predicted octanol–water partition coefficient (Wildman–Crippen LogP) is 3.08. The maximum absolute atomic E-state index is 12.2. The molecule has 4 nitrogen and oxygen atoms in total. The number of carbonyl (C=O) groups excluding carboxylic acids is 1. The van der Waals surface area contributed by atoms with Crippen LogP contribution in [0.5, 0.6) is 0 Å². The van der Waals surface area contributed by atoms with Gasteiger partial charge in [0.25, 0.3) is 0 Å². The Morgan fingerprint density at radius 2 is 1.91 bits per heavy atom. The monoisotopic (exact) mass is 298 g/mol. The Balaban J connectivity index is 1.82. The Morgan fingerprint density at radius 3 is 2.64 bits per heavy atom. The van der Waals surface area contributed by atoms with Crippen LogP contribution >= 0.6 is 0 Å². The van der Waals surface area contributed by atoms with Gasteiger partial charge in [0, 0.05) is 18.0 Å². The molecule has 1 aliphatic rings. The molecule has 2 atom stereocenters. The Kier molecular flexibility index (Phi) is 4.03. The molecule has 0 saturated heterocycles. The average Bonchev–Trinajstić information content (AvgIpc) is 2.94. The molecule has 0 radical (unpaired) electrons. The minimum atomic E-state index is -0.230. The molecule has 0 heterocycles. The van der Waals surface area contributed by atoms with E-state index in [2.05, 4.69) is 28.8 Å². The van der Waals surface area contributed by atoms with Gasteiger partial charge in [-0.3, -0.25) is 0 Å². The summed E-state index contributed by atoms with van der Waals surface area (Å²) in [4.78, 5) is 12.2. The molecule has 0 fully saturated rings. The van der Waals surface area contributed by atoms with E-state index in [0.717, 1.165) is 23.9 Å². The topological polar surface area (TPSA) is 61.4 Å². The van der Waals surface area contributed by atoms with E-state index in [9.17, 15) is 4.79 Å². The number of benzene rings is 2. The maximum Gasteiger partial charge on any atom is 0.319 e. The summed E-state index contributed by atoms with van der Waals surface area (Å²) >= 11 is 0. The van der Waals surface area contributed by atoms with Crippen molar-refractivity contribution in [3.8, 4) is 0 Å². The second-order valence-electron chi connectivity index (χ2n) is 6.16. The van der Waals surface area contributed by atoms with Crippen molar-refractivity contribution in [1.29, 1.82) is 0 Å². The van der Waals surface area contributed by atoms with Crippen LogP contribution in [-0.2, 0) is 12.8 Å². The van der Waals surface area contributed by atoms with Crippen molar-refractivity contribution in [1.82, 2.24) is 5.32 Å². The summed E-state index contributed by atoms with van der Waals surface area (Å²) in [5.41, 5.74) is 3.56. The number of rotatable bonds is 4. The zero-order chi connectivity index (χ0) is 15.7. The highest BCUT2D eigenvalue weighted by Gasteiger charge is 2.18. The SMILES string of the molecule is CC(CO)C(C)NC(=O)Nc1ccc2c3c(cccc13)CC2. The van der Waals surface area contributed by atoms with Crippen LogP contribution in [0, 0.1) is 5.92 Å². The minimum Gasteiger partial charge on any atom is -0.396 e. The van der Waals surface area contributed by atoms with E-state index in [1.807, 2.05) is 26.0 Å². The largest absolute Gasteiger partial charge is 0.396 e. The highest BCUT2D eigenvalue weighted by atomic mass is 16.3. The fourth-order valence-electron chi connectivity index (χ4n) is 3.02. The Labute approximate surface area is 130 Å². The van der Waals surface area contributed by atoms with E-state index in [1.54, 1.807) is 0 Å². The van der Waals surface area contributed by atoms with Crippen LogP contribution in [0.2, 0.25) is 0 Å². The van der Waals surface area contributed by atoms with Gasteiger partial charge >= 0.3 is 6.03 Å². The summed E-state index contributed by atoms with van der Waals surface area (Å²) in [7, 11) is 0. The molecule has 116 valence electrons. The zero-order valence-corrected chi connectivity index (χ0v) is 13.0. The lowest BCUT2D eigenvalue weighted by Crippen LogP contribution is -2.40. The third kappa shape index (κ3) is 2.66. The molecule has 22 heavy (non-hydrogen) atoms.